The van der Waals surface area contributed by atoms with Crippen LogP contribution >= 0.6 is 0 Å². The quantitative estimate of drug-likeness (QED) is 0.375. The third-order valence-electron chi connectivity index (χ3n) is 10.4. The van der Waals surface area contributed by atoms with Gasteiger partial charge in [0.05, 0.1) is 5.56 Å². The number of fused-ring (bicyclic) bond motifs is 1. The molecular formula is C35H46F3N7O5. The number of amides is 3. The van der Waals surface area contributed by atoms with Gasteiger partial charge in [-0.1, -0.05) is 0 Å². The Labute approximate surface area is 290 Å². The zero-order chi connectivity index (χ0) is 36.2. The van der Waals surface area contributed by atoms with E-state index in [1.807, 2.05) is 25.7 Å². The lowest BCUT2D eigenvalue weighted by molar-refractivity contribution is -0.140. The lowest BCUT2D eigenvalue weighted by atomic mass is 9.72. The number of halogens is 3. The number of benzene rings is 1. The molecule has 1 aliphatic carbocycles. The van der Waals surface area contributed by atoms with Crippen LogP contribution in [0.1, 0.15) is 77.6 Å². The third-order valence-corrected chi connectivity index (χ3v) is 10.4. The summed E-state index contributed by atoms with van der Waals surface area (Å²) < 4.78 is 54.9. The molecule has 3 unspecified atom stereocenters. The van der Waals surface area contributed by atoms with Crippen molar-refractivity contribution in [3.05, 3.63) is 35.9 Å². The second-order valence-corrected chi connectivity index (χ2v) is 15.5. The van der Waals surface area contributed by atoms with Gasteiger partial charge in [0.1, 0.15) is 29.5 Å². The summed E-state index contributed by atoms with van der Waals surface area (Å²) in [5, 5.41) is 8.03. The van der Waals surface area contributed by atoms with E-state index in [0.29, 0.717) is 51.4 Å². The van der Waals surface area contributed by atoms with E-state index in [2.05, 4.69) is 15.2 Å². The van der Waals surface area contributed by atoms with Gasteiger partial charge < -0.3 is 24.2 Å². The van der Waals surface area contributed by atoms with Crippen LogP contribution in [0.2, 0.25) is 0 Å². The molecule has 6 rings (SSSR count). The van der Waals surface area contributed by atoms with Crippen molar-refractivity contribution in [3.63, 3.8) is 0 Å². The number of ether oxygens (including phenoxy) is 2. The summed E-state index contributed by atoms with van der Waals surface area (Å²) in [6.07, 6.45) is 1.25. The van der Waals surface area contributed by atoms with E-state index in [1.54, 1.807) is 30.6 Å². The molecule has 50 heavy (non-hydrogen) atoms. The van der Waals surface area contributed by atoms with Gasteiger partial charge in [-0.05, 0) is 84.4 Å². The highest BCUT2D eigenvalue weighted by molar-refractivity contribution is 5.97. The van der Waals surface area contributed by atoms with Crippen LogP contribution in [0.15, 0.2) is 24.5 Å². The van der Waals surface area contributed by atoms with E-state index in [4.69, 9.17) is 9.47 Å². The van der Waals surface area contributed by atoms with Gasteiger partial charge in [-0.15, -0.1) is 10.2 Å². The minimum atomic E-state index is -2.86. The van der Waals surface area contributed by atoms with Crippen LogP contribution in [-0.4, -0.2) is 111 Å². The Bertz CT molecular complexity index is 1620. The summed E-state index contributed by atoms with van der Waals surface area (Å²) in [7, 11) is 0. The molecule has 1 spiro atoms. The maximum atomic E-state index is 14.5. The molecule has 4 aliphatic rings. The van der Waals surface area contributed by atoms with Crippen molar-refractivity contribution in [2.24, 2.45) is 17.3 Å². The van der Waals surface area contributed by atoms with Crippen molar-refractivity contribution < 1.29 is 37.0 Å². The Morgan fingerprint density at radius 3 is 2.44 bits per heavy atom. The first-order chi connectivity index (χ1) is 23.5. The van der Waals surface area contributed by atoms with E-state index in [-0.39, 0.29) is 53.4 Å². The molecule has 0 radical (unpaired) electrons. The smallest absolute Gasteiger partial charge is 0.410 e. The molecule has 4 fully saturated rings. The van der Waals surface area contributed by atoms with Crippen molar-refractivity contribution in [1.82, 2.24) is 29.9 Å². The van der Waals surface area contributed by atoms with E-state index < -0.39 is 47.7 Å². The van der Waals surface area contributed by atoms with Gasteiger partial charge in [-0.3, -0.25) is 14.5 Å². The third kappa shape index (κ3) is 7.05. The maximum absolute atomic E-state index is 14.5. The van der Waals surface area contributed by atoms with E-state index in [0.717, 1.165) is 6.07 Å². The van der Waals surface area contributed by atoms with E-state index >= 15 is 0 Å². The van der Waals surface area contributed by atoms with Crippen molar-refractivity contribution in [2.45, 2.75) is 90.8 Å². The predicted molar refractivity (Wildman–Crippen MR) is 176 cm³/mol. The van der Waals surface area contributed by atoms with Crippen LogP contribution in [-0.2, 0) is 9.53 Å². The van der Waals surface area contributed by atoms with Crippen molar-refractivity contribution in [2.75, 3.05) is 44.2 Å². The molecule has 1 saturated carbocycles. The zero-order valence-electron chi connectivity index (χ0n) is 29.5. The minimum absolute atomic E-state index is 0.0643. The fraction of sp³-hybridized carbons (Fsp3) is 0.657. The predicted octanol–water partition coefficient (Wildman–Crippen LogP) is 5.38. The molecule has 272 valence electrons. The topological polar surface area (TPSA) is 121 Å². The Morgan fingerprint density at radius 2 is 1.80 bits per heavy atom. The average molecular weight is 702 g/mol. The van der Waals surface area contributed by atoms with Gasteiger partial charge in [0.25, 0.3) is 11.8 Å². The molecule has 3 saturated heterocycles. The second-order valence-electron chi connectivity index (χ2n) is 15.5. The van der Waals surface area contributed by atoms with Crippen molar-refractivity contribution >= 4 is 23.7 Å². The van der Waals surface area contributed by atoms with Gasteiger partial charge in [0.2, 0.25) is 11.8 Å². The number of nitrogens with zero attached hydrogens (tertiary/aromatic N) is 7. The Kier molecular flexibility index (Phi) is 9.40. The molecule has 4 heterocycles. The van der Waals surface area contributed by atoms with E-state index in [9.17, 15) is 27.6 Å². The number of hydrogen-bond donors (Lipinski definition) is 0. The van der Waals surface area contributed by atoms with Gasteiger partial charge in [-0.25, -0.2) is 22.9 Å². The number of alkyl halides is 2. The molecule has 12 nitrogen and oxygen atoms in total. The van der Waals surface area contributed by atoms with Crippen LogP contribution in [0.25, 0.3) is 0 Å². The van der Waals surface area contributed by atoms with Crippen LogP contribution in [0.3, 0.4) is 0 Å². The number of hydrogen-bond acceptors (Lipinski definition) is 9. The number of carbonyl (C=O) groups excluding carboxylic acids is 3. The summed E-state index contributed by atoms with van der Waals surface area (Å²) in [6.45, 7) is 13.4. The first-order valence-electron chi connectivity index (χ1n) is 17.4. The van der Waals surface area contributed by atoms with Crippen LogP contribution in [0.4, 0.5) is 23.8 Å². The summed E-state index contributed by atoms with van der Waals surface area (Å²) in [5.41, 5.74) is -0.847. The highest BCUT2D eigenvalue weighted by atomic mass is 19.3. The standard InChI is InChI=1S/C35H46F3N7O5/c1-7-44(21(2)3)30(46)24-14-23(36)8-9-26(24)49-29-28(39-20-40-41-29)43-18-34(19-43)10-12-42(13-11-34)31(47)27-25-16-35(37,38)15-22(25)17-45(27)32(48)50-33(4,5)6/h8-9,14,20-22,25,27H,7,10-13,15-19H2,1-6H3. The largest absolute Gasteiger partial charge is 0.444 e. The lowest BCUT2D eigenvalue weighted by Crippen LogP contribution is -2.62. The lowest BCUT2D eigenvalue weighted by Gasteiger charge is -2.54. The van der Waals surface area contributed by atoms with Crippen molar-refractivity contribution in [3.8, 4) is 11.6 Å². The molecule has 2 aromatic rings. The number of carbonyl (C=O) groups is 3. The summed E-state index contributed by atoms with van der Waals surface area (Å²) >= 11 is 0. The monoisotopic (exact) mass is 701 g/mol. The van der Waals surface area contributed by atoms with Gasteiger partial charge >= 0.3 is 6.09 Å². The number of anilines is 1. The fourth-order valence-corrected chi connectivity index (χ4v) is 8.04. The maximum Gasteiger partial charge on any atom is 0.410 e. The SMILES string of the molecule is CCN(C(=O)c1cc(F)ccc1Oc1nncnc1N1CC2(CCN(C(=O)C3C4CC(F)(F)CC4CN3C(=O)OC(C)(C)C)CC2)C1)C(C)C. The minimum Gasteiger partial charge on any atom is -0.444 e. The Hall–Kier alpha value is -4.17. The molecule has 0 bridgehead atoms. The van der Waals surface area contributed by atoms with E-state index in [1.165, 1.54) is 23.4 Å². The number of piperidine rings is 1. The first-order valence-corrected chi connectivity index (χ1v) is 17.4. The molecule has 15 heteroatoms. The summed E-state index contributed by atoms with van der Waals surface area (Å²) in [6, 6.07) is 2.67. The highest BCUT2D eigenvalue weighted by Gasteiger charge is 2.59. The van der Waals surface area contributed by atoms with Gasteiger partial charge in [-0.2, -0.15) is 0 Å². The molecule has 1 aromatic carbocycles. The van der Waals surface area contributed by atoms with Crippen LogP contribution in [0.5, 0.6) is 11.6 Å². The summed E-state index contributed by atoms with van der Waals surface area (Å²) in [5.74, 6) is -4.53. The first kappa shape index (κ1) is 35.6. The number of likely N-dealkylation sites (tertiary alicyclic amines) is 2. The van der Waals surface area contributed by atoms with Crippen LogP contribution < -0.4 is 9.64 Å². The second kappa shape index (κ2) is 13.2. The van der Waals surface area contributed by atoms with Crippen molar-refractivity contribution in [1.29, 1.82) is 0 Å². The Morgan fingerprint density at radius 1 is 1.10 bits per heavy atom. The molecule has 3 aliphatic heterocycles. The van der Waals surface area contributed by atoms with Gasteiger partial charge in [0, 0.05) is 63.6 Å². The van der Waals surface area contributed by atoms with Gasteiger partial charge in [0.15, 0.2) is 5.82 Å². The molecule has 3 atom stereocenters. The molecule has 1 aromatic heterocycles. The van der Waals surface area contributed by atoms with Crippen LogP contribution in [0, 0.1) is 23.1 Å². The average Bonchev–Trinajstić information content (AvgIpc) is 3.51. The molecule has 0 N–H and O–H groups in total. The molecule has 3 amide bonds. The number of rotatable bonds is 7. The number of aromatic nitrogens is 3. The normalized spacial score (nSPS) is 23.9. The Balaban J connectivity index is 1.12. The zero-order valence-corrected chi connectivity index (χ0v) is 29.5. The highest BCUT2D eigenvalue weighted by Crippen LogP contribution is 2.51. The molecular weight excluding hydrogens is 655 g/mol. The fourth-order valence-electron chi connectivity index (χ4n) is 8.04. The summed E-state index contributed by atoms with van der Waals surface area (Å²) in [4.78, 5) is 51.6.